The SMILES string of the molecule is C=CC1=CC[C@@]2(Cl)C(=O)N(C)C(=O)[C@@]2(Cl)[C@H]1c1ccc(O)cc1. The van der Waals surface area contributed by atoms with Crippen molar-refractivity contribution < 1.29 is 14.7 Å². The van der Waals surface area contributed by atoms with Gasteiger partial charge in [0.1, 0.15) is 5.75 Å². The monoisotopic (exact) mass is 351 g/mol. The smallest absolute Gasteiger partial charge is 0.253 e. The van der Waals surface area contributed by atoms with E-state index in [4.69, 9.17) is 23.2 Å². The van der Waals surface area contributed by atoms with Crippen molar-refractivity contribution in [1.82, 2.24) is 4.90 Å². The van der Waals surface area contributed by atoms with Crippen LogP contribution >= 0.6 is 23.2 Å². The van der Waals surface area contributed by atoms with Crippen molar-refractivity contribution in [3.8, 4) is 5.75 Å². The van der Waals surface area contributed by atoms with Gasteiger partial charge < -0.3 is 5.11 Å². The lowest BCUT2D eigenvalue weighted by Crippen LogP contribution is -2.54. The highest BCUT2D eigenvalue weighted by Crippen LogP contribution is 2.58. The first kappa shape index (κ1) is 16.1. The number of amides is 2. The Morgan fingerprint density at radius 2 is 1.87 bits per heavy atom. The fourth-order valence-corrected chi connectivity index (χ4v) is 4.34. The van der Waals surface area contributed by atoms with E-state index < -0.39 is 27.5 Å². The number of hydrogen-bond acceptors (Lipinski definition) is 3. The Kier molecular flexibility index (Phi) is 3.58. The van der Waals surface area contributed by atoms with Gasteiger partial charge in [0, 0.05) is 13.0 Å². The fourth-order valence-electron chi connectivity index (χ4n) is 3.41. The number of likely N-dealkylation sites (tertiary alicyclic amines) is 1. The highest BCUT2D eigenvalue weighted by Gasteiger charge is 2.71. The molecule has 1 aliphatic carbocycles. The molecule has 3 atom stereocenters. The molecule has 1 aromatic carbocycles. The van der Waals surface area contributed by atoms with E-state index in [1.54, 1.807) is 24.3 Å². The number of phenolic OH excluding ortho intramolecular Hbond substituents is 1. The molecule has 0 bridgehead atoms. The van der Waals surface area contributed by atoms with Crippen molar-refractivity contribution in [1.29, 1.82) is 0 Å². The number of alkyl halides is 2. The van der Waals surface area contributed by atoms with Crippen LogP contribution in [0.5, 0.6) is 5.75 Å². The third-order valence-electron chi connectivity index (χ3n) is 4.65. The van der Waals surface area contributed by atoms with E-state index in [1.807, 2.05) is 0 Å². The second-order valence-corrected chi connectivity index (χ2v) is 7.06. The number of benzene rings is 1. The third kappa shape index (κ3) is 1.91. The number of allylic oxidation sites excluding steroid dienone is 3. The maximum absolute atomic E-state index is 12.8. The van der Waals surface area contributed by atoms with Crippen molar-refractivity contribution in [3.63, 3.8) is 0 Å². The summed E-state index contributed by atoms with van der Waals surface area (Å²) < 4.78 is 0. The molecule has 1 N–H and O–H groups in total. The van der Waals surface area contributed by atoms with Crippen LogP contribution < -0.4 is 0 Å². The van der Waals surface area contributed by atoms with Crippen LogP contribution in [0.1, 0.15) is 17.9 Å². The van der Waals surface area contributed by atoms with E-state index in [9.17, 15) is 14.7 Å². The lowest BCUT2D eigenvalue weighted by atomic mass is 9.68. The molecule has 1 aromatic rings. The first-order chi connectivity index (χ1) is 10.8. The average Bonchev–Trinajstić information content (AvgIpc) is 2.68. The maximum atomic E-state index is 12.8. The molecule has 4 nitrogen and oxygen atoms in total. The Labute approximate surface area is 144 Å². The first-order valence-corrected chi connectivity index (χ1v) is 7.84. The van der Waals surface area contributed by atoms with Gasteiger partial charge in [-0.15, -0.1) is 23.2 Å². The van der Waals surface area contributed by atoms with Crippen LogP contribution in [0.25, 0.3) is 0 Å². The zero-order chi connectivity index (χ0) is 17.0. The summed E-state index contributed by atoms with van der Waals surface area (Å²) in [4.78, 5) is 23.1. The van der Waals surface area contributed by atoms with Crippen LogP contribution in [-0.4, -0.2) is 38.6 Å². The quantitative estimate of drug-likeness (QED) is 0.658. The van der Waals surface area contributed by atoms with Gasteiger partial charge in [-0.2, -0.15) is 0 Å². The van der Waals surface area contributed by atoms with E-state index in [2.05, 4.69) is 6.58 Å². The third-order valence-corrected chi connectivity index (χ3v) is 6.06. The van der Waals surface area contributed by atoms with E-state index in [0.29, 0.717) is 5.56 Å². The molecule has 120 valence electrons. The second kappa shape index (κ2) is 5.11. The molecule has 2 amide bonds. The van der Waals surface area contributed by atoms with Gasteiger partial charge >= 0.3 is 0 Å². The van der Waals surface area contributed by atoms with Gasteiger partial charge in [-0.25, -0.2) is 0 Å². The van der Waals surface area contributed by atoms with Crippen molar-refractivity contribution >= 4 is 35.0 Å². The van der Waals surface area contributed by atoms with Crippen LogP contribution in [0.3, 0.4) is 0 Å². The van der Waals surface area contributed by atoms with Gasteiger partial charge in [0.2, 0.25) is 0 Å². The van der Waals surface area contributed by atoms with Crippen molar-refractivity contribution in [2.45, 2.75) is 22.1 Å². The molecule has 1 heterocycles. The Morgan fingerprint density at radius 3 is 2.43 bits per heavy atom. The summed E-state index contributed by atoms with van der Waals surface area (Å²) in [6.07, 6.45) is 3.57. The standard InChI is InChI=1S/C17H15Cl2NO3/c1-3-10-8-9-16(18)14(22)20(2)15(23)17(16,19)13(10)11-4-6-12(21)7-5-11/h3-8,13,21H,1,9H2,2H3/t13-,16-,17+/m1/s1. The summed E-state index contributed by atoms with van der Waals surface area (Å²) in [5.74, 6) is -1.55. The second-order valence-electron chi connectivity index (χ2n) is 5.82. The maximum Gasteiger partial charge on any atom is 0.253 e. The minimum atomic E-state index is -1.63. The number of rotatable bonds is 2. The molecular formula is C17H15Cl2NO3. The Hall–Kier alpha value is -1.78. The Balaban J connectivity index is 2.26. The van der Waals surface area contributed by atoms with Crippen molar-refractivity contribution in [2.75, 3.05) is 7.05 Å². The number of aromatic hydroxyl groups is 1. The van der Waals surface area contributed by atoms with Gasteiger partial charge in [-0.1, -0.05) is 30.9 Å². The Morgan fingerprint density at radius 1 is 1.26 bits per heavy atom. The molecule has 0 unspecified atom stereocenters. The average molecular weight is 352 g/mol. The highest BCUT2D eigenvalue weighted by atomic mass is 35.5. The largest absolute Gasteiger partial charge is 0.508 e. The van der Waals surface area contributed by atoms with Gasteiger partial charge in [-0.05, 0) is 29.7 Å². The number of nitrogens with zero attached hydrogens (tertiary/aromatic N) is 1. The Bertz CT molecular complexity index is 743. The summed E-state index contributed by atoms with van der Waals surface area (Å²) >= 11 is 13.4. The molecule has 0 radical (unpaired) electrons. The first-order valence-electron chi connectivity index (χ1n) is 7.09. The summed E-state index contributed by atoms with van der Waals surface area (Å²) in [5.41, 5.74) is 1.42. The fraction of sp³-hybridized carbons (Fsp3) is 0.294. The van der Waals surface area contributed by atoms with Crippen LogP contribution in [0.2, 0.25) is 0 Å². The van der Waals surface area contributed by atoms with Gasteiger partial charge in [0.25, 0.3) is 11.8 Å². The van der Waals surface area contributed by atoms with Crippen LogP contribution in [0.15, 0.2) is 48.6 Å². The number of hydrogen-bond donors (Lipinski definition) is 1. The van der Waals surface area contributed by atoms with Gasteiger partial charge in [-0.3, -0.25) is 14.5 Å². The summed E-state index contributed by atoms with van der Waals surface area (Å²) in [7, 11) is 1.39. The van der Waals surface area contributed by atoms with Gasteiger partial charge in [0.15, 0.2) is 9.75 Å². The van der Waals surface area contributed by atoms with E-state index >= 15 is 0 Å². The zero-order valence-electron chi connectivity index (χ0n) is 12.4. The topological polar surface area (TPSA) is 57.6 Å². The molecule has 0 aromatic heterocycles. The van der Waals surface area contributed by atoms with Crippen molar-refractivity contribution in [2.24, 2.45) is 0 Å². The highest BCUT2D eigenvalue weighted by molar-refractivity contribution is 6.53. The van der Waals surface area contributed by atoms with Crippen LogP contribution in [0, 0.1) is 0 Å². The molecule has 0 spiro atoms. The van der Waals surface area contributed by atoms with Gasteiger partial charge in [0.05, 0.1) is 0 Å². The minimum absolute atomic E-state index is 0.0976. The molecule has 3 rings (SSSR count). The summed E-state index contributed by atoms with van der Waals surface area (Å²) in [6, 6.07) is 6.35. The normalized spacial score (nSPS) is 33.4. The number of carbonyl (C=O) groups is 2. The molecule has 1 fully saturated rings. The van der Waals surface area contributed by atoms with Crippen LogP contribution in [-0.2, 0) is 9.59 Å². The lowest BCUT2D eigenvalue weighted by Gasteiger charge is -2.42. The van der Waals surface area contributed by atoms with Crippen molar-refractivity contribution in [3.05, 3.63) is 54.1 Å². The lowest BCUT2D eigenvalue weighted by molar-refractivity contribution is -0.137. The van der Waals surface area contributed by atoms with Crippen LogP contribution in [0.4, 0.5) is 0 Å². The van der Waals surface area contributed by atoms with E-state index in [0.717, 1.165) is 10.5 Å². The molecule has 1 aliphatic heterocycles. The number of fused-ring (bicyclic) bond motifs is 1. The number of imide groups is 1. The molecule has 2 aliphatic rings. The molecule has 0 saturated carbocycles. The molecule has 1 saturated heterocycles. The zero-order valence-corrected chi connectivity index (χ0v) is 13.9. The predicted octanol–water partition coefficient (Wildman–Crippen LogP) is 2.95. The van der Waals surface area contributed by atoms with E-state index in [1.165, 1.54) is 19.2 Å². The van der Waals surface area contributed by atoms with E-state index in [-0.39, 0.29) is 12.2 Å². The molecular weight excluding hydrogens is 337 g/mol. The molecule has 6 heteroatoms. The number of phenols is 1. The molecule has 23 heavy (non-hydrogen) atoms. The summed E-state index contributed by atoms with van der Waals surface area (Å²) in [5, 5.41) is 9.49. The number of carbonyl (C=O) groups excluding carboxylic acids is 2. The summed E-state index contributed by atoms with van der Waals surface area (Å²) in [6.45, 7) is 3.78. The number of halogens is 2. The predicted molar refractivity (Wildman–Crippen MR) is 88.7 cm³/mol. The minimum Gasteiger partial charge on any atom is -0.508 e.